The molecule has 0 spiro atoms. The van der Waals surface area contributed by atoms with Crippen LogP contribution in [0.15, 0.2) is 42.5 Å². The predicted octanol–water partition coefficient (Wildman–Crippen LogP) is 3.84. The summed E-state index contributed by atoms with van der Waals surface area (Å²) in [7, 11) is 0. The van der Waals surface area contributed by atoms with Gasteiger partial charge in [0.05, 0.1) is 11.4 Å². The lowest BCUT2D eigenvalue weighted by molar-refractivity contribution is 1.01. The average molecular weight is 352 g/mol. The molecule has 0 heterocycles. The zero-order valence-corrected chi connectivity index (χ0v) is 12.6. The Bertz CT molecular complexity index is 538. The number of rotatable bonds is 4. The van der Waals surface area contributed by atoms with E-state index in [0.717, 1.165) is 27.9 Å². The first kappa shape index (κ1) is 13.2. The Labute approximate surface area is 122 Å². The van der Waals surface area contributed by atoms with Gasteiger partial charge in [-0.3, -0.25) is 0 Å². The maximum absolute atomic E-state index is 5.96. The molecule has 3 N–H and O–H groups in total. The molecular weight excluding hydrogens is 335 g/mol. The van der Waals surface area contributed by atoms with Crippen LogP contribution in [0.25, 0.3) is 0 Å². The Balaban J connectivity index is 1.95. The van der Waals surface area contributed by atoms with Gasteiger partial charge in [0.1, 0.15) is 0 Å². The van der Waals surface area contributed by atoms with Crippen molar-refractivity contribution < 1.29 is 0 Å². The third-order valence-electron chi connectivity index (χ3n) is 2.98. The van der Waals surface area contributed by atoms with Crippen LogP contribution >= 0.6 is 22.6 Å². The van der Waals surface area contributed by atoms with Gasteiger partial charge in [0.15, 0.2) is 0 Å². The van der Waals surface area contributed by atoms with E-state index in [0.29, 0.717) is 0 Å². The number of aryl methyl sites for hydroxylation is 1. The quantitative estimate of drug-likeness (QED) is 0.648. The van der Waals surface area contributed by atoms with Crippen molar-refractivity contribution in [2.75, 3.05) is 17.6 Å². The molecule has 94 valence electrons. The van der Waals surface area contributed by atoms with E-state index in [2.05, 4.69) is 65.2 Å². The molecule has 2 aromatic rings. The molecule has 0 unspecified atom stereocenters. The highest BCUT2D eigenvalue weighted by Gasteiger charge is 2.00. The SMILES string of the molecule is Cc1ccccc1CCNc1ccc(I)cc1N. The van der Waals surface area contributed by atoms with Gasteiger partial charge in [-0.15, -0.1) is 0 Å². The first-order valence-corrected chi connectivity index (χ1v) is 7.08. The summed E-state index contributed by atoms with van der Waals surface area (Å²) < 4.78 is 1.16. The van der Waals surface area contributed by atoms with E-state index in [1.165, 1.54) is 11.1 Å². The van der Waals surface area contributed by atoms with Crippen LogP contribution in [0.5, 0.6) is 0 Å². The van der Waals surface area contributed by atoms with Gasteiger partial charge < -0.3 is 11.1 Å². The number of nitrogens with two attached hydrogens (primary N) is 1. The Morgan fingerprint density at radius 3 is 2.67 bits per heavy atom. The summed E-state index contributed by atoms with van der Waals surface area (Å²) in [4.78, 5) is 0. The van der Waals surface area contributed by atoms with E-state index < -0.39 is 0 Å². The molecule has 2 rings (SSSR count). The van der Waals surface area contributed by atoms with Crippen LogP contribution in [-0.2, 0) is 6.42 Å². The van der Waals surface area contributed by atoms with Crippen molar-refractivity contribution in [1.29, 1.82) is 0 Å². The molecule has 0 bridgehead atoms. The zero-order chi connectivity index (χ0) is 13.0. The van der Waals surface area contributed by atoms with E-state index in [4.69, 9.17) is 5.73 Å². The summed E-state index contributed by atoms with van der Waals surface area (Å²) in [6.45, 7) is 3.05. The molecule has 0 amide bonds. The molecule has 0 aliphatic heterocycles. The second-order valence-electron chi connectivity index (χ2n) is 4.33. The highest BCUT2D eigenvalue weighted by molar-refractivity contribution is 14.1. The molecule has 0 radical (unpaired) electrons. The first-order chi connectivity index (χ1) is 8.66. The summed E-state index contributed by atoms with van der Waals surface area (Å²) in [5.74, 6) is 0. The Hall–Kier alpha value is -1.23. The van der Waals surface area contributed by atoms with E-state index >= 15 is 0 Å². The summed E-state index contributed by atoms with van der Waals surface area (Å²) in [5, 5.41) is 3.39. The molecule has 2 nitrogen and oxygen atoms in total. The molecular formula is C15H17IN2. The van der Waals surface area contributed by atoms with Crippen molar-refractivity contribution in [3.8, 4) is 0 Å². The van der Waals surface area contributed by atoms with Crippen molar-refractivity contribution in [2.24, 2.45) is 0 Å². The number of hydrogen-bond acceptors (Lipinski definition) is 2. The van der Waals surface area contributed by atoms with Crippen molar-refractivity contribution in [1.82, 2.24) is 0 Å². The normalized spacial score (nSPS) is 10.3. The molecule has 0 atom stereocenters. The fourth-order valence-electron chi connectivity index (χ4n) is 1.92. The van der Waals surface area contributed by atoms with Crippen LogP contribution in [0.1, 0.15) is 11.1 Å². The van der Waals surface area contributed by atoms with E-state index in [1.807, 2.05) is 12.1 Å². The highest BCUT2D eigenvalue weighted by atomic mass is 127. The van der Waals surface area contributed by atoms with Gasteiger partial charge in [-0.25, -0.2) is 0 Å². The Morgan fingerprint density at radius 2 is 1.94 bits per heavy atom. The fourth-order valence-corrected chi connectivity index (χ4v) is 2.43. The standard InChI is InChI=1S/C15H17IN2/c1-11-4-2-3-5-12(11)8-9-18-15-7-6-13(16)10-14(15)17/h2-7,10,18H,8-9,17H2,1H3. The zero-order valence-electron chi connectivity index (χ0n) is 10.4. The maximum atomic E-state index is 5.96. The molecule has 18 heavy (non-hydrogen) atoms. The third kappa shape index (κ3) is 3.38. The predicted molar refractivity (Wildman–Crippen MR) is 86.9 cm³/mol. The summed E-state index contributed by atoms with van der Waals surface area (Å²) in [6.07, 6.45) is 1.01. The van der Waals surface area contributed by atoms with Crippen molar-refractivity contribution >= 4 is 34.0 Å². The number of hydrogen-bond donors (Lipinski definition) is 2. The van der Waals surface area contributed by atoms with Gasteiger partial charge in [0.2, 0.25) is 0 Å². The van der Waals surface area contributed by atoms with Crippen LogP contribution < -0.4 is 11.1 Å². The van der Waals surface area contributed by atoms with Gasteiger partial charge in [-0.1, -0.05) is 24.3 Å². The minimum atomic E-state index is 0.812. The Kier molecular flexibility index (Phi) is 4.47. The van der Waals surface area contributed by atoms with E-state index in [1.54, 1.807) is 0 Å². The lowest BCUT2D eigenvalue weighted by Gasteiger charge is -2.10. The van der Waals surface area contributed by atoms with Crippen molar-refractivity contribution in [3.05, 3.63) is 57.2 Å². The lowest BCUT2D eigenvalue weighted by Crippen LogP contribution is -2.07. The monoisotopic (exact) mass is 352 g/mol. The van der Waals surface area contributed by atoms with Crippen LogP contribution in [0.4, 0.5) is 11.4 Å². The largest absolute Gasteiger partial charge is 0.397 e. The molecule has 0 saturated carbocycles. The van der Waals surface area contributed by atoms with E-state index in [9.17, 15) is 0 Å². The van der Waals surface area contributed by atoms with Crippen molar-refractivity contribution in [2.45, 2.75) is 13.3 Å². The molecule has 0 aliphatic carbocycles. The molecule has 0 aliphatic rings. The van der Waals surface area contributed by atoms with Gasteiger partial charge in [-0.05, 0) is 65.3 Å². The summed E-state index contributed by atoms with van der Waals surface area (Å²) in [6, 6.07) is 14.6. The third-order valence-corrected chi connectivity index (χ3v) is 3.66. The Morgan fingerprint density at radius 1 is 1.17 bits per heavy atom. The number of nitrogens with one attached hydrogen (secondary N) is 1. The first-order valence-electron chi connectivity index (χ1n) is 6.00. The van der Waals surface area contributed by atoms with E-state index in [-0.39, 0.29) is 0 Å². The smallest absolute Gasteiger partial charge is 0.0574 e. The summed E-state index contributed by atoms with van der Waals surface area (Å²) in [5.41, 5.74) is 10.5. The average Bonchev–Trinajstić information content (AvgIpc) is 2.34. The number of anilines is 2. The molecule has 2 aromatic carbocycles. The second-order valence-corrected chi connectivity index (χ2v) is 5.58. The van der Waals surface area contributed by atoms with Crippen LogP contribution in [0, 0.1) is 10.5 Å². The minimum Gasteiger partial charge on any atom is -0.397 e. The van der Waals surface area contributed by atoms with Gasteiger partial charge >= 0.3 is 0 Å². The summed E-state index contributed by atoms with van der Waals surface area (Å²) >= 11 is 2.27. The number of nitrogen functional groups attached to an aromatic ring is 1. The minimum absolute atomic E-state index is 0.812. The molecule has 0 aromatic heterocycles. The molecule has 0 fully saturated rings. The fraction of sp³-hybridized carbons (Fsp3) is 0.200. The van der Waals surface area contributed by atoms with Crippen LogP contribution in [-0.4, -0.2) is 6.54 Å². The molecule has 0 saturated heterocycles. The lowest BCUT2D eigenvalue weighted by atomic mass is 10.1. The van der Waals surface area contributed by atoms with Crippen LogP contribution in [0.3, 0.4) is 0 Å². The number of benzene rings is 2. The van der Waals surface area contributed by atoms with Gasteiger partial charge in [0.25, 0.3) is 0 Å². The van der Waals surface area contributed by atoms with Crippen molar-refractivity contribution in [3.63, 3.8) is 0 Å². The van der Waals surface area contributed by atoms with Crippen LogP contribution in [0.2, 0.25) is 0 Å². The van der Waals surface area contributed by atoms with Gasteiger partial charge in [0, 0.05) is 10.1 Å². The second kappa shape index (κ2) is 6.09. The topological polar surface area (TPSA) is 38.0 Å². The highest BCUT2D eigenvalue weighted by Crippen LogP contribution is 2.20. The molecule has 3 heteroatoms. The maximum Gasteiger partial charge on any atom is 0.0574 e. The van der Waals surface area contributed by atoms with Gasteiger partial charge in [-0.2, -0.15) is 0 Å². The number of halogens is 1.